The van der Waals surface area contributed by atoms with Crippen molar-refractivity contribution >= 4 is 12.0 Å². The number of carbonyl (C=O) groups is 2. The predicted molar refractivity (Wildman–Crippen MR) is 189 cm³/mol. The van der Waals surface area contributed by atoms with E-state index in [1.165, 1.54) is 0 Å². The van der Waals surface area contributed by atoms with Crippen LogP contribution >= 0.6 is 0 Å². The van der Waals surface area contributed by atoms with Crippen LogP contribution in [-0.2, 0) is 32.0 Å². The van der Waals surface area contributed by atoms with Gasteiger partial charge in [-0.25, -0.2) is 4.79 Å². The number of rotatable bonds is 15. The number of hydrogen-bond acceptors (Lipinski definition) is 7. The van der Waals surface area contributed by atoms with Crippen LogP contribution in [-0.4, -0.2) is 66.2 Å². The maximum absolute atomic E-state index is 14.5. The normalized spacial score (nSPS) is 13.0. The molecule has 0 saturated heterocycles. The van der Waals surface area contributed by atoms with Crippen molar-refractivity contribution in [1.82, 2.24) is 15.2 Å². The number of fused-ring (bicyclic) bond motifs is 3. The highest BCUT2D eigenvalue weighted by atomic mass is 16.7. The number of nitrogens with zero attached hydrogens (tertiary/aromatic N) is 2. The first-order chi connectivity index (χ1) is 23.6. The molecule has 1 aliphatic carbocycles. The molecule has 5 rings (SSSR count). The van der Waals surface area contributed by atoms with Gasteiger partial charge in [0.1, 0.15) is 24.0 Å². The Morgan fingerprint density at radius 2 is 1.45 bits per heavy atom. The molecular formula is C40H47N3O6. The minimum absolute atomic E-state index is 0.110. The molecular weight excluding hydrogens is 618 g/mol. The number of ether oxygens (including phenoxy) is 4. The van der Waals surface area contributed by atoms with Crippen molar-refractivity contribution in [3.63, 3.8) is 0 Å². The Kier molecular flexibility index (Phi) is 12.0. The number of aromatic nitrogens is 1. The van der Waals surface area contributed by atoms with Gasteiger partial charge in [-0.3, -0.25) is 9.78 Å². The van der Waals surface area contributed by atoms with Gasteiger partial charge in [0.2, 0.25) is 5.91 Å². The van der Waals surface area contributed by atoms with Crippen LogP contribution in [0.5, 0.6) is 5.75 Å². The zero-order chi connectivity index (χ0) is 34.8. The largest absolute Gasteiger partial charge is 0.488 e. The van der Waals surface area contributed by atoms with Crippen LogP contribution in [0.4, 0.5) is 4.79 Å². The lowest BCUT2D eigenvalue weighted by Crippen LogP contribution is -2.51. The second kappa shape index (κ2) is 16.6. The van der Waals surface area contributed by atoms with E-state index in [9.17, 15) is 9.59 Å². The Morgan fingerprint density at radius 3 is 2.02 bits per heavy atom. The monoisotopic (exact) mass is 665 g/mol. The molecule has 3 aromatic carbocycles. The maximum Gasteiger partial charge on any atom is 0.407 e. The molecule has 0 fully saturated rings. The first kappa shape index (κ1) is 35.6. The molecule has 1 aromatic heterocycles. The van der Waals surface area contributed by atoms with E-state index in [0.717, 1.165) is 33.6 Å². The third-order valence-corrected chi connectivity index (χ3v) is 8.19. The Hall–Kier alpha value is -4.73. The van der Waals surface area contributed by atoms with Gasteiger partial charge < -0.3 is 29.2 Å². The SMILES string of the molecule is CCOC(CN(Cc1ccccn1)C(=O)[C@H](Cc1ccc(OC(C)(C)C)cc1)NC(=O)OCC1c2ccccc2-c2ccccc21)OCC. The first-order valence-electron chi connectivity index (χ1n) is 17.0. The third-order valence-electron chi connectivity index (χ3n) is 8.19. The first-order valence-corrected chi connectivity index (χ1v) is 17.0. The maximum atomic E-state index is 14.5. The van der Waals surface area contributed by atoms with E-state index in [-0.39, 0.29) is 43.5 Å². The van der Waals surface area contributed by atoms with Gasteiger partial charge in [0, 0.05) is 31.7 Å². The average molecular weight is 666 g/mol. The number of pyridine rings is 1. The van der Waals surface area contributed by atoms with Crippen LogP contribution < -0.4 is 10.1 Å². The molecule has 1 heterocycles. The van der Waals surface area contributed by atoms with Crippen LogP contribution in [0, 0.1) is 0 Å². The van der Waals surface area contributed by atoms with Gasteiger partial charge >= 0.3 is 6.09 Å². The fourth-order valence-electron chi connectivity index (χ4n) is 6.11. The molecule has 4 aromatic rings. The molecule has 0 spiro atoms. The van der Waals surface area contributed by atoms with Crippen molar-refractivity contribution in [2.75, 3.05) is 26.4 Å². The minimum atomic E-state index is -0.947. The number of benzene rings is 3. The predicted octanol–water partition coefficient (Wildman–Crippen LogP) is 7.14. The molecule has 9 nitrogen and oxygen atoms in total. The molecule has 1 aliphatic rings. The lowest BCUT2D eigenvalue weighted by atomic mass is 9.98. The smallest absolute Gasteiger partial charge is 0.407 e. The Labute approximate surface area is 289 Å². The molecule has 9 heteroatoms. The zero-order valence-electron chi connectivity index (χ0n) is 29.1. The van der Waals surface area contributed by atoms with E-state index in [4.69, 9.17) is 18.9 Å². The van der Waals surface area contributed by atoms with Crippen molar-refractivity contribution in [3.8, 4) is 16.9 Å². The second-order valence-corrected chi connectivity index (χ2v) is 13.0. The topological polar surface area (TPSA) is 99.2 Å². The number of amides is 2. The molecule has 0 radical (unpaired) electrons. The van der Waals surface area contributed by atoms with Crippen LogP contribution in [0.1, 0.15) is 62.9 Å². The van der Waals surface area contributed by atoms with Crippen LogP contribution in [0.2, 0.25) is 0 Å². The second-order valence-electron chi connectivity index (χ2n) is 13.0. The van der Waals surface area contributed by atoms with E-state index >= 15 is 0 Å². The molecule has 0 unspecified atom stereocenters. The van der Waals surface area contributed by atoms with Gasteiger partial charge in [0.25, 0.3) is 0 Å². The highest BCUT2D eigenvalue weighted by Gasteiger charge is 2.32. The van der Waals surface area contributed by atoms with Gasteiger partial charge in [0.15, 0.2) is 6.29 Å². The summed E-state index contributed by atoms with van der Waals surface area (Å²) in [4.78, 5) is 34.1. The van der Waals surface area contributed by atoms with Crippen molar-refractivity contribution < 1.29 is 28.5 Å². The highest BCUT2D eigenvalue weighted by molar-refractivity contribution is 5.86. The Morgan fingerprint density at radius 1 is 0.837 bits per heavy atom. The van der Waals surface area contributed by atoms with Crippen molar-refractivity contribution in [2.45, 2.75) is 71.4 Å². The fourth-order valence-corrected chi connectivity index (χ4v) is 6.11. The summed E-state index contributed by atoms with van der Waals surface area (Å²) in [5, 5.41) is 2.91. The van der Waals surface area contributed by atoms with Crippen molar-refractivity contribution in [3.05, 3.63) is 120 Å². The van der Waals surface area contributed by atoms with E-state index in [2.05, 4.69) is 34.6 Å². The summed E-state index contributed by atoms with van der Waals surface area (Å²) in [5.41, 5.74) is 5.70. The van der Waals surface area contributed by atoms with Crippen LogP contribution in [0.25, 0.3) is 11.1 Å². The summed E-state index contributed by atoms with van der Waals surface area (Å²) in [6.07, 6.45) is 0.600. The summed E-state index contributed by atoms with van der Waals surface area (Å²) < 4.78 is 23.5. The summed E-state index contributed by atoms with van der Waals surface area (Å²) >= 11 is 0. The van der Waals surface area contributed by atoms with Gasteiger partial charge in [-0.2, -0.15) is 0 Å². The number of alkyl carbamates (subject to hydrolysis) is 1. The molecule has 0 aliphatic heterocycles. The van der Waals surface area contributed by atoms with Crippen LogP contribution in [0.3, 0.4) is 0 Å². The summed E-state index contributed by atoms with van der Waals surface area (Å²) in [6.45, 7) is 11.0. The summed E-state index contributed by atoms with van der Waals surface area (Å²) in [5.74, 6) is 0.303. The van der Waals surface area contributed by atoms with Crippen molar-refractivity contribution in [2.24, 2.45) is 0 Å². The van der Waals surface area contributed by atoms with E-state index in [1.54, 1.807) is 11.1 Å². The van der Waals surface area contributed by atoms with Crippen LogP contribution in [0.15, 0.2) is 97.2 Å². The van der Waals surface area contributed by atoms with Gasteiger partial charge in [-0.1, -0.05) is 66.7 Å². The van der Waals surface area contributed by atoms with Gasteiger partial charge in [-0.15, -0.1) is 0 Å². The number of carbonyl (C=O) groups excluding carboxylic acids is 2. The average Bonchev–Trinajstić information content (AvgIpc) is 3.41. The minimum Gasteiger partial charge on any atom is -0.488 e. The van der Waals surface area contributed by atoms with E-state index in [0.29, 0.717) is 18.9 Å². The molecule has 1 N–H and O–H groups in total. The quantitative estimate of drug-likeness (QED) is 0.135. The van der Waals surface area contributed by atoms with E-state index < -0.39 is 18.4 Å². The van der Waals surface area contributed by atoms with E-state index in [1.807, 2.05) is 101 Å². The Bertz CT molecular complexity index is 1620. The molecule has 0 saturated carbocycles. The standard InChI is InChI=1S/C40H47N3O6/c1-6-46-37(47-7-2)26-43(25-29-14-12-13-23-41-29)38(44)36(24-28-19-21-30(22-20-28)49-40(3,4)5)42-39(45)48-27-35-33-17-10-8-15-31(33)32-16-9-11-18-34(32)35/h8-23,35-37H,6-7,24-27H2,1-5H3,(H,42,45)/t36-/m0/s1. The van der Waals surface area contributed by atoms with Gasteiger partial charge in [0.05, 0.1) is 18.8 Å². The van der Waals surface area contributed by atoms with Gasteiger partial charge in [-0.05, 0) is 86.7 Å². The highest BCUT2D eigenvalue weighted by Crippen LogP contribution is 2.44. The molecule has 1 atom stereocenters. The molecule has 49 heavy (non-hydrogen) atoms. The molecule has 258 valence electrons. The summed E-state index contributed by atoms with van der Waals surface area (Å²) in [6, 6.07) is 28.5. The summed E-state index contributed by atoms with van der Waals surface area (Å²) in [7, 11) is 0. The lowest BCUT2D eigenvalue weighted by molar-refractivity contribution is -0.161. The Balaban J connectivity index is 1.38. The third kappa shape index (κ3) is 9.68. The molecule has 2 amide bonds. The lowest BCUT2D eigenvalue weighted by Gasteiger charge is -2.31. The number of hydrogen-bond donors (Lipinski definition) is 1. The fraction of sp³-hybridized carbons (Fsp3) is 0.375. The molecule has 0 bridgehead atoms. The van der Waals surface area contributed by atoms with Crippen molar-refractivity contribution in [1.29, 1.82) is 0 Å². The number of nitrogens with one attached hydrogen (secondary N) is 1. The zero-order valence-corrected chi connectivity index (χ0v) is 29.1.